The lowest BCUT2D eigenvalue weighted by Crippen LogP contribution is -2.21. The second-order valence-electron chi connectivity index (χ2n) is 2.95. The Morgan fingerprint density at radius 1 is 1.71 bits per heavy atom. The van der Waals surface area contributed by atoms with E-state index in [1.54, 1.807) is 6.07 Å². The van der Waals surface area contributed by atoms with Crippen molar-refractivity contribution >= 4 is 17.4 Å². The van der Waals surface area contributed by atoms with Gasteiger partial charge in [0.05, 0.1) is 11.1 Å². The predicted molar refractivity (Wildman–Crippen MR) is 57.2 cm³/mol. The first kappa shape index (κ1) is 11.2. The molecule has 4 nitrogen and oxygen atoms in total. The van der Waals surface area contributed by atoms with E-state index in [1.807, 2.05) is 6.92 Å². The first-order chi connectivity index (χ1) is 6.65. The van der Waals surface area contributed by atoms with Crippen molar-refractivity contribution in [3.63, 3.8) is 0 Å². The minimum absolute atomic E-state index is 0.319. The number of aliphatic hydroxyl groups is 1. The molecule has 0 radical (unpaired) electrons. The van der Waals surface area contributed by atoms with E-state index in [1.165, 1.54) is 6.20 Å². The minimum Gasteiger partial charge on any atom is -0.387 e. The molecule has 5 heteroatoms. The molecule has 0 fully saturated rings. The predicted octanol–water partition coefficient (Wildman–Crippen LogP) is 0.960. The van der Waals surface area contributed by atoms with Gasteiger partial charge in [0, 0.05) is 18.3 Å². The van der Waals surface area contributed by atoms with Crippen molar-refractivity contribution in [1.29, 1.82) is 0 Å². The largest absolute Gasteiger partial charge is 0.387 e. The van der Waals surface area contributed by atoms with Crippen LogP contribution in [0.25, 0.3) is 0 Å². The number of nitrogens with one attached hydrogen (secondary N) is 1. The summed E-state index contributed by atoms with van der Waals surface area (Å²) in [6.45, 7) is 3.21. The molecule has 1 atom stereocenters. The summed E-state index contributed by atoms with van der Waals surface area (Å²) in [5, 5.41) is 13.2. The quantitative estimate of drug-likeness (QED) is 0.700. The lowest BCUT2D eigenvalue weighted by Gasteiger charge is -2.13. The van der Waals surface area contributed by atoms with E-state index in [-0.39, 0.29) is 0 Å². The molecular formula is C9H14ClN3O. The van der Waals surface area contributed by atoms with E-state index >= 15 is 0 Å². The van der Waals surface area contributed by atoms with Crippen LogP contribution in [-0.4, -0.2) is 23.2 Å². The second kappa shape index (κ2) is 5.14. The summed E-state index contributed by atoms with van der Waals surface area (Å²) in [5.41, 5.74) is 6.17. The van der Waals surface area contributed by atoms with Gasteiger partial charge in [0.2, 0.25) is 0 Å². The van der Waals surface area contributed by atoms with Crippen molar-refractivity contribution in [2.75, 3.05) is 18.8 Å². The number of aromatic nitrogens is 1. The molecule has 1 aromatic heterocycles. The standard InChI is InChI=1S/C9H14ClN3O/c1-2-12-5-8(14)7-3-6(10)4-13-9(7)11/h3-4,8,12,14H,2,5H2,1H3,(H2,11,13). The first-order valence-corrected chi connectivity index (χ1v) is 4.82. The van der Waals surface area contributed by atoms with Crippen molar-refractivity contribution < 1.29 is 5.11 Å². The summed E-state index contributed by atoms with van der Waals surface area (Å²) >= 11 is 5.75. The number of nitrogens with two attached hydrogens (primary N) is 1. The summed E-state index contributed by atoms with van der Waals surface area (Å²) in [5.74, 6) is 0.319. The van der Waals surface area contributed by atoms with Crippen LogP contribution in [0, 0.1) is 0 Å². The van der Waals surface area contributed by atoms with Crippen LogP contribution in [0.15, 0.2) is 12.3 Å². The third-order valence-electron chi connectivity index (χ3n) is 1.86. The van der Waals surface area contributed by atoms with E-state index in [2.05, 4.69) is 10.3 Å². The Morgan fingerprint density at radius 2 is 2.43 bits per heavy atom. The normalized spacial score (nSPS) is 12.8. The van der Waals surface area contributed by atoms with E-state index in [0.717, 1.165) is 6.54 Å². The topological polar surface area (TPSA) is 71.2 Å². The van der Waals surface area contributed by atoms with Crippen LogP contribution in [0.1, 0.15) is 18.6 Å². The molecule has 0 aliphatic carbocycles. The molecule has 1 unspecified atom stereocenters. The van der Waals surface area contributed by atoms with Crippen molar-refractivity contribution in [1.82, 2.24) is 10.3 Å². The van der Waals surface area contributed by atoms with Gasteiger partial charge < -0.3 is 16.2 Å². The van der Waals surface area contributed by atoms with Crippen LogP contribution in [0.2, 0.25) is 5.02 Å². The molecule has 14 heavy (non-hydrogen) atoms. The summed E-state index contributed by atoms with van der Waals surface area (Å²) in [6.07, 6.45) is 0.793. The van der Waals surface area contributed by atoms with E-state index in [4.69, 9.17) is 17.3 Å². The Labute approximate surface area is 88.1 Å². The van der Waals surface area contributed by atoms with Gasteiger partial charge in [-0.15, -0.1) is 0 Å². The highest BCUT2D eigenvalue weighted by molar-refractivity contribution is 6.30. The number of rotatable bonds is 4. The Hall–Kier alpha value is -0.840. The highest BCUT2D eigenvalue weighted by Gasteiger charge is 2.11. The maximum atomic E-state index is 9.72. The van der Waals surface area contributed by atoms with E-state index < -0.39 is 6.10 Å². The van der Waals surface area contributed by atoms with Gasteiger partial charge in [-0.2, -0.15) is 0 Å². The number of pyridine rings is 1. The third kappa shape index (κ3) is 2.83. The Balaban J connectivity index is 2.77. The number of nitrogens with zero attached hydrogens (tertiary/aromatic N) is 1. The molecule has 0 bridgehead atoms. The number of halogens is 1. The van der Waals surface area contributed by atoms with Crippen LogP contribution in [-0.2, 0) is 0 Å². The van der Waals surface area contributed by atoms with Crippen molar-refractivity contribution in [2.24, 2.45) is 0 Å². The molecule has 0 saturated heterocycles. The highest BCUT2D eigenvalue weighted by Crippen LogP contribution is 2.21. The lowest BCUT2D eigenvalue weighted by molar-refractivity contribution is 0.176. The SMILES string of the molecule is CCNCC(O)c1cc(Cl)cnc1N. The van der Waals surface area contributed by atoms with Gasteiger partial charge in [-0.25, -0.2) is 4.98 Å². The minimum atomic E-state index is -0.666. The van der Waals surface area contributed by atoms with Crippen molar-refractivity contribution in [3.8, 4) is 0 Å². The molecule has 0 saturated carbocycles. The molecule has 0 spiro atoms. The summed E-state index contributed by atoms with van der Waals surface area (Å²) in [7, 11) is 0. The monoisotopic (exact) mass is 215 g/mol. The first-order valence-electron chi connectivity index (χ1n) is 4.44. The molecular weight excluding hydrogens is 202 g/mol. The number of hydrogen-bond acceptors (Lipinski definition) is 4. The average molecular weight is 216 g/mol. The lowest BCUT2D eigenvalue weighted by atomic mass is 10.1. The Kier molecular flexibility index (Phi) is 4.13. The smallest absolute Gasteiger partial charge is 0.129 e. The van der Waals surface area contributed by atoms with Gasteiger partial charge >= 0.3 is 0 Å². The molecule has 1 heterocycles. The van der Waals surface area contributed by atoms with Crippen LogP contribution in [0.5, 0.6) is 0 Å². The van der Waals surface area contributed by atoms with Gasteiger partial charge in [0.1, 0.15) is 5.82 Å². The summed E-state index contributed by atoms with van der Waals surface area (Å²) < 4.78 is 0. The molecule has 0 aromatic carbocycles. The van der Waals surface area contributed by atoms with Gasteiger partial charge in [0.15, 0.2) is 0 Å². The molecule has 0 aliphatic rings. The molecule has 4 N–H and O–H groups in total. The number of anilines is 1. The van der Waals surface area contributed by atoms with E-state index in [0.29, 0.717) is 22.9 Å². The summed E-state index contributed by atoms with van der Waals surface area (Å²) in [4.78, 5) is 3.87. The number of aliphatic hydroxyl groups excluding tert-OH is 1. The van der Waals surface area contributed by atoms with Crippen molar-refractivity contribution in [3.05, 3.63) is 22.8 Å². The highest BCUT2D eigenvalue weighted by atomic mass is 35.5. The second-order valence-corrected chi connectivity index (χ2v) is 3.39. The van der Waals surface area contributed by atoms with Crippen LogP contribution in [0.3, 0.4) is 0 Å². The molecule has 0 aliphatic heterocycles. The van der Waals surface area contributed by atoms with Gasteiger partial charge in [-0.3, -0.25) is 0 Å². The van der Waals surface area contributed by atoms with Gasteiger partial charge in [-0.05, 0) is 12.6 Å². The summed E-state index contributed by atoms with van der Waals surface area (Å²) in [6, 6.07) is 1.63. The molecule has 78 valence electrons. The van der Waals surface area contributed by atoms with Crippen LogP contribution < -0.4 is 11.1 Å². The zero-order valence-corrected chi connectivity index (χ0v) is 8.75. The van der Waals surface area contributed by atoms with Gasteiger partial charge in [-0.1, -0.05) is 18.5 Å². The number of likely N-dealkylation sites (N-methyl/N-ethyl adjacent to an activating group) is 1. The van der Waals surface area contributed by atoms with Crippen LogP contribution >= 0.6 is 11.6 Å². The van der Waals surface area contributed by atoms with Gasteiger partial charge in [0.25, 0.3) is 0 Å². The van der Waals surface area contributed by atoms with Crippen LogP contribution in [0.4, 0.5) is 5.82 Å². The molecule has 1 aromatic rings. The maximum Gasteiger partial charge on any atom is 0.129 e. The number of hydrogen-bond donors (Lipinski definition) is 3. The zero-order chi connectivity index (χ0) is 10.6. The fourth-order valence-electron chi connectivity index (χ4n) is 1.12. The van der Waals surface area contributed by atoms with Crippen molar-refractivity contribution in [2.45, 2.75) is 13.0 Å². The molecule has 0 amide bonds. The Bertz CT molecular complexity index is 306. The van der Waals surface area contributed by atoms with E-state index in [9.17, 15) is 5.11 Å². The number of nitrogen functional groups attached to an aromatic ring is 1. The maximum absolute atomic E-state index is 9.72. The fraction of sp³-hybridized carbons (Fsp3) is 0.444. The average Bonchev–Trinajstić information content (AvgIpc) is 2.18. The Morgan fingerprint density at radius 3 is 3.07 bits per heavy atom. The fourth-order valence-corrected chi connectivity index (χ4v) is 1.29. The molecule has 1 rings (SSSR count). The third-order valence-corrected chi connectivity index (χ3v) is 2.07. The zero-order valence-electron chi connectivity index (χ0n) is 8.00.